The van der Waals surface area contributed by atoms with Crippen LogP contribution in [0.25, 0.3) is 0 Å². The highest BCUT2D eigenvalue weighted by Crippen LogP contribution is 2.26. The molecule has 0 radical (unpaired) electrons. The van der Waals surface area contributed by atoms with Crippen molar-refractivity contribution in [1.82, 2.24) is 0 Å². The van der Waals surface area contributed by atoms with Gasteiger partial charge in [0.2, 0.25) is 0 Å². The third-order valence-corrected chi connectivity index (χ3v) is 2.79. The van der Waals surface area contributed by atoms with E-state index in [1.807, 2.05) is 32.0 Å². The van der Waals surface area contributed by atoms with E-state index in [2.05, 4.69) is 0 Å². The Morgan fingerprint density at radius 2 is 1.71 bits per heavy atom. The number of benzene rings is 1. The number of halogens is 2. The zero-order valence-electron chi connectivity index (χ0n) is 8.48. The van der Waals surface area contributed by atoms with Crippen molar-refractivity contribution in [2.24, 2.45) is 5.73 Å². The first-order valence-corrected chi connectivity index (χ1v) is 5.37. The number of hydrogen-bond donors (Lipinski definition) is 1. The standard InChI is InChI=1S/C11H15Cl2N/c1-11(2,14)7-6-8-9(12)4-3-5-10(8)13/h3-5H,6-7,14H2,1-2H3. The summed E-state index contributed by atoms with van der Waals surface area (Å²) in [4.78, 5) is 0. The molecule has 0 atom stereocenters. The van der Waals surface area contributed by atoms with Crippen LogP contribution in [0.5, 0.6) is 0 Å². The molecule has 0 amide bonds. The summed E-state index contributed by atoms with van der Waals surface area (Å²) in [5, 5.41) is 1.45. The van der Waals surface area contributed by atoms with Gasteiger partial charge in [-0.05, 0) is 44.4 Å². The van der Waals surface area contributed by atoms with Gasteiger partial charge in [0.05, 0.1) is 0 Å². The minimum absolute atomic E-state index is 0.178. The van der Waals surface area contributed by atoms with E-state index in [1.165, 1.54) is 0 Å². The summed E-state index contributed by atoms with van der Waals surface area (Å²) in [5.74, 6) is 0. The Morgan fingerprint density at radius 1 is 1.21 bits per heavy atom. The van der Waals surface area contributed by atoms with E-state index in [9.17, 15) is 0 Å². The van der Waals surface area contributed by atoms with Crippen LogP contribution in [0, 0.1) is 0 Å². The SMILES string of the molecule is CC(C)(N)CCc1c(Cl)cccc1Cl. The Balaban J connectivity index is 2.77. The summed E-state index contributed by atoms with van der Waals surface area (Å²) < 4.78 is 0. The van der Waals surface area contributed by atoms with E-state index >= 15 is 0 Å². The van der Waals surface area contributed by atoms with Crippen LogP contribution in [0.1, 0.15) is 25.8 Å². The lowest BCUT2D eigenvalue weighted by atomic mass is 9.96. The second kappa shape index (κ2) is 4.52. The van der Waals surface area contributed by atoms with Crippen molar-refractivity contribution in [3.8, 4) is 0 Å². The van der Waals surface area contributed by atoms with Crippen LogP contribution in [0.2, 0.25) is 10.0 Å². The zero-order valence-corrected chi connectivity index (χ0v) is 9.99. The predicted octanol–water partition coefficient (Wildman–Crippen LogP) is 3.66. The molecule has 78 valence electrons. The molecule has 1 aromatic rings. The van der Waals surface area contributed by atoms with Gasteiger partial charge in [-0.1, -0.05) is 29.3 Å². The highest BCUT2D eigenvalue weighted by Gasteiger charge is 2.13. The van der Waals surface area contributed by atoms with Crippen LogP contribution < -0.4 is 5.73 Å². The highest BCUT2D eigenvalue weighted by molar-refractivity contribution is 6.35. The zero-order chi connectivity index (χ0) is 10.8. The topological polar surface area (TPSA) is 26.0 Å². The maximum absolute atomic E-state index is 6.03. The number of nitrogens with two attached hydrogens (primary N) is 1. The molecule has 0 fully saturated rings. The second-order valence-electron chi connectivity index (χ2n) is 4.19. The van der Waals surface area contributed by atoms with Gasteiger partial charge in [0.1, 0.15) is 0 Å². The fourth-order valence-corrected chi connectivity index (χ4v) is 1.80. The minimum Gasteiger partial charge on any atom is -0.326 e. The lowest BCUT2D eigenvalue weighted by Crippen LogP contribution is -2.32. The van der Waals surface area contributed by atoms with Gasteiger partial charge in [0, 0.05) is 15.6 Å². The molecule has 0 heterocycles. The average molecular weight is 232 g/mol. The van der Waals surface area contributed by atoms with Crippen LogP contribution in [0.15, 0.2) is 18.2 Å². The summed E-state index contributed by atoms with van der Waals surface area (Å²) in [6.45, 7) is 4.00. The normalized spacial score (nSPS) is 11.8. The van der Waals surface area contributed by atoms with E-state index in [0.29, 0.717) is 0 Å². The first-order chi connectivity index (χ1) is 6.40. The molecule has 0 bridgehead atoms. The predicted molar refractivity (Wildman–Crippen MR) is 63.0 cm³/mol. The summed E-state index contributed by atoms with van der Waals surface area (Å²) in [7, 11) is 0. The van der Waals surface area contributed by atoms with Crippen molar-refractivity contribution in [2.75, 3.05) is 0 Å². The van der Waals surface area contributed by atoms with Crippen LogP contribution in [-0.4, -0.2) is 5.54 Å². The largest absolute Gasteiger partial charge is 0.326 e. The summed E-state index contributed by atoms with van der Waals surface area (Å²) >= 11 is 12.1. The first-order valence-electron chi connectivity index (χ1n) is 4.62. The maximum Gasteiger partial charge on any atom is 0.0452 e. The lowest BCUT2D eigenvalue weighted by molar-refractivity contribution is 0.477. The van der Waals surface area contributed by atoms with Crippen molar-refractivity contribution < 1.29 is 0 Å². The quantitative estimate of drug-likeness (QED) is 0.845. The molecule has 1 rings (SSSR count). The molecular weight excluding hydrogens is 217 g/mol. The Morgan fingerprint density at radius 3 is 2.14 bits per heavy atom. The number of hydrogen-bond acceptors (Lipinski definition) is 1. The van der Waals surface area contributed by atoms with Crippen molar-refractivity contribution >= 4 is 23.2 Å². The van der Waals surface area contributed by atoms with Crippen molar-refractivity contribution in [3.63, 3.8) is 0 Å². The molecule has 0 aromatic heterocycles. The molecule has 0 saturated carbocycles. The van der Waals surface area contributed by atoms with Gasteiger partial charge >= 0.3 is 0 Å². The van der Waals surface area contributed by atoms with E-state index in [-0.39, 0.29) is 5.54 Å². The Bertz CT molecular complexity index is 295. The van der Waals surface area contributed by atoms with E-state index in [0.717, 1.165) is 28.5 Å². The van der Waals surface area contributed by atoms with Gasteiger partial charge in [-0.25, -0.2) is 0 Å². The lowest BCUT2D eigenvalue weighted by Gasteiger charge is -2.18. The molecule has 0 saturated heterocycles. The molecule has 1 nitrogen and oxygen atoms in total. The minimum atomic E-state index is -0.178. The number of rotatable bonds is 3. The van der Waals surface area contributed by atoms with E-state index < -0.39 is 0 Å². The molecule has 2 N–H and O–H groups in total. The van der Waals surface area contributed by atoms with Crippen LogP contribution in [0.3, 0.4) is 0 Å². The second-order valence-corrected chi connectivity index (χ2v) is 5.00. The molecule has 0 spiro atoms. The van der Waals surface area contributed by atoms with Gasteiger partial charge in [0.25, 0.3) is 0 Å². The van der Waals surface area contributed by atoms with Crippen molar-refractivity contribution in [1.29, 1.82) is 0 Å². The Labute approximate surface area is 95.2 Å². The monoisotopic (exact) mass is 231 g/mol. The third-order valence-electron chi connectivity index (χ3n) is 2.08. The highest BCUT2D eigenvalue weighted by atomic mass is 35.5. The summed E-state index contributed by atoms with van der Waals surface area (Å²) in [6.07, 6.45) is 1.69. The van der Waals surface area contributed by atoms with Gasteiger partial charge in [-0.3, -0.25) is 0 Å². The first kappa shape index (κ1) is 11.8. The molecule has 0 unspecified atom stereocenters. The smallest absolute Gasteiger partial charge is 0.0452 e. The van der Waals surface area contributed by atoms with E-state index in [1.54, 1.807) is 0 Å². The fourth-order valence-electron chi connectivity index (χ4n) is 1.22. The molecule has 3 heteroatoms. The molecule has 0 aliphatic rings. The fraction of sp³-hybridized carbons (Fsp3) is 0.455. The summed E-state index contributed by atoms with van der Waals surface area (Å²) in [6, 6.07) is 5.56. The molecule has 14 heavy (non-hydrogen) atoms. The average Bonchev–Trinajstić information content (AvgIpc) is 2.01. The van der Waals surface area contributed by atoms with Crippen molar-refractivity contribution in [2.45, 2.75) is 32.2 Å². The van der Waals surface area contributed by atoms with E-state index in [4.69, 9.17) is 28.9 Å². The maximum atomic E-state index is 6.03. The van der Waals surface area contributed by atoms with Gasteiger partial charge in [0.15, 0.2) is 0 Å². The Hall–Kier alpha value is -0.240. The van der Waals surface area contributed by atoms with Gasteiger partial charge in [-0.2, -0.15) is 0 Å². The van der Waals surface area contributed by atoms with Crippen LogP contribution in [0.4, 0.5) is 0 Å². The summed E-state index contributed by atoms with van der Waals surface area (Å²) in [5.41, 5.74) is 6.71. The molecule has 1 aromatic carbocycles. The molecular formula is C11H15Cl2N. The molecule has 0 aliphatic carbocycles. The van der Waals surface area contributed by atoms with Crippen LogP contribution in [-0.2, 0) is 6.42 Å². The van der Waals surface area contributed by atoms with Crippen LogP contribution >= 0.6 is 23.2 Å². The van der Waals surface area contributed by atoms with Gasteiger partial charge in [-0.15, -0.1) is 0 Å². The van der Waals surface area contributed by atoms with Crippen molar-refractivity contribution in [3.05, 3.63) is 33.8 Å². The Kier molecular flexibility index (Phi) is 3.82. The molecule has 0 aliphatic heterocycles. The van der Waals surface area contributed by atoms with Gasteiger partial charge < -0.3 is 5.73 Å². The third kappa shape index (κ3) is 3.49.